The maximum atomic E-state index is 3.45. The van der Waals surface area contributed by atoms with Gasteiger partial charge in [0, 0.05) is 6.54 Å². The van der Waals surface area contributed by atoms with E-state index in [-0.39, 0.29) is 0 Å². The Morgan fingerprint density at radius 2 is 1.76 bits per heavy atom. The summed E-state index contributed by atoms with van der Waals surface area (Å²) in [5, 5.41) is 3.45. The number of benzene rings is 1. The lowest BCUT2D eigenvalue weighted by atomic mass is 10.0. The predicted octanol–water partition coefficient (Wildman–Crippen LogP) is 3.94. The summed E-state index contributed by atoms with van der Waals surface area (Å²) in [4.78, 5) is 0. The van der Waals surface area contributed by atoms with Crippen LogP contribution in [0.25, 0.3) is 0 Å². The second-order valence-electron chi connectivity index (χ2n) is 4.95. The molecule has 0 aliphatic rings. The molecule has 0 atom stereocenters. The van der Waals surface area contributed by atoms with E-state index in [4.69, 9.17) is 0 Å². The molecule has 0 aliphatic carbocycles. The molecule has 0 saturated heterocycles. The Hall–Kier alpha value is -1.08. The van der Waals surface area contributed by atoms with E-state index < -0.39 is 0 Å². The quantitative estimate of drug-likeness (QED) is 0.553. The minimum atomic E-state index is 0.736. The summed E-state index contributed by atoms with van der Waals surface area (Å²) >= 11 is 0. The summed E-state index contributed by atoms with van der Waals surface area (Å²) < 4.78 is 0. The first-order chi connectivity index (χ1) is 8.22. The van der Waals surface area contributed by atoms with Gasteiger partial charge < -0.3 is 5.32 Å². The van der Waals surface area contributed by atoms with Gasteiger partial charge >= 0.3 is 0 Å². The molecule has 0 saturated carbocycles. The molecule has 1 aromatic carbocycles. The molecule has 0 amide bonds. The zero-order chi connectivity index (χ0) is 12.5. The van der Waals surface area contributed by atoms with Crippen molar-refractivity contribution in [2.75, 3.05) is 6.54 Å². The average Bonchev–Trinajstić information content (AvgIpc) is 2.30. The highest BCUT2D eigenvalue weighted by molar-refractivity contribution is 5.22. The molecule has 0 bridgehead atoms. The lowest BCUT2D eigenvalue weighted by molar-refractivity contribution is 0.646. The van der Waals surface area contributed by atoms with E-state index in [2.05, 4.69) is 62.5 Å². The van der Waals surface area contributed by atoms with Crippen molar-refractivity contribution in [3.8, 4) is 0 Å². The van der Waals surface area contributed by atoms with E-state index in [1.807, 2.05) is 0 Å². The van der Waals surface area contributed by atoms with Crippen molar-refractivity contribution >= 4 is 0 Å². The minimum absolute atomic E-state index is 0.736. The Bertz CT molecular complexity index is 322. The number of nitrogens with one attached hydrogen (secondary N) is 1. The normalized spacial score (nSPS) is 11.5. The summed E-state index contributed by atoms with van der Waals surface area (Å²) in [7, 11) is 0. The highest BCUT2D eigenvalue weighted by Gasteiger charge is 1.97. The minimum Gasteiger partial charge on any atom is -0.312 e. The van der Waals surface area contributed by atoms with Gasteiger partial charge in [-0.15, -0.1) is 0 Å². The first kappa shape index (κ1) is 14.0. The zero-order valence-electron chi connectivity index (χ0n) is 11.4. The van der Waals surface area contributed by atoms with Crippen LogP contribution in [0.15, 0.2) is 36.4 Å². The summed E-state index contributed by atoms with van der Waals surface area (Å²) in [6.45, 7) is 8.61. The third-order valence-electron chi connectivity index (χ3n) is 2.72. The summed E-state index contributed by atoms with van der Waals surface area (Å²) in [6, 6.07) is 8.98. The molecule has 1 nitrogen and oxygen atoms in total. The van der Waals surface area contributed by atoms with Crippen LogP contribution in [0.2, 0.25) is 0 Å². The van der Waals surface area contributed by atoms with Gasteiger partial charge in [-0.1, -0.05) is 50.3 Å². The molecule has 0 unspecified atom stereocenters. The topological polar surface area (TPSA) is 12.0 Å². The average molecular weight is 231 g/mol. The molecular weight excluding hydrogens is 206 g/mol. The lowest BCUT2D eigenvalue weighted by Crippen LogP contribution is -2.13. The number of hydrogen-bond acceptors (Lipinski definition) is 1. The zero-order valence-corrected chi connectivity index (χ0v) is 11.4. The molecular formula is C16H25N. The summed E-state index contributed by atoms with van der Waals surface area (Å²) in [5.74, 6) is 0.736. The van der Waals surface area contributed by atoms with Crippen LogP contribution >= 0.6 is 0 Å². The fourth-order valence-corrected chi connectivity index (χ4v) is 1.85. The van der Waals surface area contributed by atoms with Gasteiger partial charge in [-0.25, -0.2) is 0 Å². The van der Waals surface area contributed by atoms with Crippen LogP contribution in [0.1, 0.15) is 38.3 Å². The van der Waals surface area contributed by atoms with E-state index >= 15 is 0 Å². The number of hydrogen-bond donors (Lipinski definition) is 1. The Morgan fingerprint density at radius 3 is 2.35 bits per heavy atom. The van der Waals surface area contributed by atoms with Crippen molar-refractivity contribution in [3.63, 3.8) is 0 Å². The van der Waals surface area contributed by atoms with Gasteiger partial charge in [-0.2, -0.15) is 0 Å². The second-order valence-corrected chi connectivity index (χ2v) is 4.95. The first-order valence-electron chi connectivity index (χ1n) is 6.62. The Labute approximate surface area is 106 Å². The number of rotatable bonds is 7. The predicted molar refractivity (Wildman–Crippen MR) is 76.1 cm³/mol. The van der Waals surface area contributed by atoms with Crippen LogP contribution in [0.4, 0.5) is 0 Å². The van der Waals surface area contributed by atoms with Crippen molar-refractivity contribution in [2.45, 2.75) is 40.2 Å². The third kappa shape index (κ3) is 6.28. The smallest absolute Gasteiger partial charge is 0.0205 e. The van der Waals surface area contributed by atoms with Gasteiger partial charge in [0.25, 0.3) is 0 Å². The molecule has 0 aromatic heterocycles. The molecule has 17 heavy (non-hydrogen) atoms. The van der Waals surface area contributed by atoms with Gasteiger partial charge in [-0.3, -0.25) is 0 Å². The van der Waals surface area contributed by atoms with Crippen LogP contribution in [0.3, 0.4) is 0 Å². The molecule has 0 aliphatic heterocycles. The van der Waals surface area contributed by atoms with Gasteiger partial charge in [0.2, 0.25) is 0 Å². The van der Waals surface area contributed by atoms with Crippen molar-refractivity contribution < 1.29 is 0 Å². The largest absolute Gasteiger partial charge is 0.312 e. The van der Waals surface area contributed by atoms with E-state index in [1.165, 1.54) is 17.5 Å². The molecule has 0 spiro atoms. The third-order valence-corrected chi connectivity index (χ3v) is 2.72. The number of allylic oxidation sites excluding steroid dienone is 1. The molecule has 1 rings (SSSR count). The second kappa shape index (κ2) is 8.08. The Kier molecular flexibility index (Phi) is 6.64. The summed E-state index contributed by atoms with van der Waals surface area (Å²) in [5.41, 5.74) is 2.82. The van der Waals surface area contributed by atoms with Gasteiger partial charge in [0.05, 0.1) is 0 Å². The van der Waals surface area contributed by atoms with Crippen LogP contribution in [0.5, 0.6) is 0 Å². The molecule has 94 valence electrons. The maximum Gasteiger partial charge on any atom is 0.0205 e. The SMILES string of the molecule is C/C=C/CCNCc1ccc(CC(C)C)cc1. The Morgan fingerprint density at radius 1 is 1.12 bits per heavy atom. The van der Waals surface area contributed by atoms with Crippen LogP contribution in [-0.2, 0) is 13.0 Å². The highest BCUT2D eigenvalue weighted by Crippen LogP contribution is 2.09. The van der Waals surface area contributed by atoms with Crippen LogP contribution in [-0.4, -0.2) is 6.54 Å². The molecule has 0 radical (unpaired) electrons. The fourth-order valence-electron chi connectivity index (χ4n) is 1.85. The molecule has 1 N–H and O–H groups in total. The van der Waals surface area contributed by atoms with Crippen molar-refractivity contribution in [3.05, 3.63) is 47.5 Å². The van der Waals surface area contributed by atoms with Crippen LogP contribution in [0, 0.1) is 5.92 Å². The van der Waals surface area contributed by atoms with Gasteiger partial charge in [0.1, 0.15) is 0 Å². The van der Waals surface area contributed by atoms with E-state index in [9.17, 15) is 0 Å². The lowest BCUT2D eigenvalue weighted by Gasteiger charge is -2.07. The first-order valence-corrected chi connectivity index (χ1v) is 6.62. The van der Waals surface area contributed by atoms with Crippen molar-refractivity contribution in [1.82, 2.24) is 5.32 Å². The van der Waals surface area contributed by atoms with E-state index in [0.717, 1.165) is 25.4 Å². The standard InChI is InChI=1S/C16H25N/c1-4-5-6-11-17-13-16-9-7-15(8-10-16)12-14(2)3/h4-5,7-10,14,17H,6,11-13H2,1-3H3/b5-4+. The maximum absolute atomic E-state index is 3.45. The van der Waals surface area contributed by atoms with Gasteiger partial charge in [0.15, 0.2) is 0 Å². The summed E-state index contributed by atoms with van der Waals surface area (Å²) in [6.07, 6.45) is 6.58. The van der Waals surface area contributed by atoms with E-state index in [1.54, 1.807) is 0 Å². The monoisotopic (exact) mass is 231 g/mol. The molecule has 1 aromatic rings. The fraction of sp³-hybridized carbons (Fsp3) is 0.500. The van der Waals surface area contributed by atoms with Crippen molar-refractivity contribution in [1.29, 1.82) is 0 Å². The Balaban J connectivity index is 2.30. The molecule has 0 heterocycles. The van der Waals surface area contributed by atoms with Gasteiger partial charge in [-0.05, 0) is 43.4 Å². The van der Waals surface area contributed by atoms with Crippen LogP contribution < -0.4 is 5.32 Å². The molecule has 0 fully saturated rings. The van der Waals surface area contributed by atoms with Crippen molar-refractivity contribution in [2.24, 2.45) is 5.92 Å². The highest BCUT2D eigenvalue weighted by atomic mass is 14.8. The molecule has 1 heteroatoms. The van der Waals surface area contributed by atoms with E-state index in [0.29, 0.717) is 0 Å².